The molecule has 0 saturated carbocycles. The van der Waals surface area contributed by atoms with Gasteiger partial charge in [-0.25, -0.2) is 13.2 Å². The molecule has 0 spiro atoms. The summed E-state index contributed by atoms with van der Waals surface area (Å²) in [5.74, 6) is 5.65. The third-order valence-electron chi connectivity index (χ3n) is 5.54. The van der Waals surface area contributed by atoms with Gasteiger partial charge in [-0.15, -0.1) is 0 Å². The van der Waals surface area contributed by atoms with Crippen LogP contribution in [0.2, 0.25) is 0 Å². The lowest BCUT2D eigenvalue weighted by molar-refractivity contribution is -0.120. The highest BCUT2D eigenvalue weighted by molar-refractivity contribution is 8.25. The van der Waals surface area contributed by atoms with E-state index in [0.29, 0.717) is 28.8 Å². The van der Waals surface area contributed by atoms with Crippen molar-refractivity contribution in [2.45, 2.75) is 61.5 Å². The lowest BCUT2D eigenvalue weighted by atomic mass is 10.1. The highest BCUT2D eigenvalue weighted by atomic mass is 32.3. The van der Waals surface area contributed by atoms with Crippen molar-refractivity contribution >= 4 is 44.5 Å². The van der Waals surface area contributed by atoms with Gasteiger partial charge in [-0.3, -0.25) is 20.2 Å². The Bertz CT molecular complexity index is 1400. The van der Waals surface area contributed by atoms with E-state index < -0.39 is 36.8 Å². The smallest absolute Gasteiger partial charge is 0.412 e. The molecular weight excluding hydrogens is 528 g/mol. The van der Waals surface area contributed by atoms with Gasteiger partial charge in [-0.05, 0) is 94.3 Å². The standard InChI is InChI=1S/C27H30N2O7S2/c1-18-10-11-20(28-24(31)36-26(2,3)4)17-19(18)9-7-6-8-16-27(23(30)29-25(32)37-27)38(33,34)22-14-12-21(35-5)13-15-22/h10-15,17H,6,8,16H2,1-5H3,(H,28,31)(H,29,30,32). The van der Waals surface area contributed by atoms with Gasteiger partial charge < -0.3 is 9.47 Å². The number of methoxy groups -OCH3 is 1. The molecule has 0 aliphatic carbocycles. The number of sulfone groups is 1. The Morgan fingerprint density at radius 1 is 1.13 bits per heavy atom. The largest absolute Gasteiger partial charge is 0.497 e. The molecule has 38 heavy (non-hydrogen) atoms. The number of hydrogen-bond donors (Lipinski definition) is 2. The summed E-state index contributed by atoms with van der Waals surface area (Å²) >= 11 is 0.482. The van der Waals surface area contributed by atoms with E-state index in [2.05, 4.69) is 22.5 Å². The van der Waals surface area contributed by atoms with Crippen molar-refractivity contribution in [3.63, 3.8) is 0 Å². The molecule has 2 N–H and O–H groups in total. The Morgan fingerprint density at radius 2 is 1.82 bits per heavy atom. The number of hydrogen-bond acceptors (Lipinski definition) is 8. The summed E-state index contributed by atoms with van der Waals surface area (Å²) in [4.78, 5) is 36.8. The van der Waals surface area contributed by atoms with Gasteiger partial charge in [0, 0.05) is 17.7 Å². The molecule has 0 aromatic heterocycles. The van der Waals surface area contributed by atoms with Crippen molar-refractivity contribution in [2.75, 3.05) is 12.4 Å². The number of rotatable bonds is 7. The van der Waals surface area contributed by atoms with Crippen LogP contribution in [0.25, 0.3) is 0 Å². The molecule has 1 aliphatic heterocycles. The second-order valence-electron chi connectivity index (χ2n) is 9.59. The van der Waals surface area contributed by atoms with Gasteiger partial charge in [0.2, 0.25) is 13.9 Å². The molecule has 1 fully saturated rings. The summed E-state index contributed by atoms with van der Waals surface area (Å²) in [6, 6.07) is 11.0. The molecule has 1 heterocycles. The van der Waals surface area contributed by atoms with Gasteiger partial charge in [0.15, 0.2) is 0 Å². The number of unbranched alkanes of at least 4 members (excludes halogenated alkanes) is 1. The minimum Gasteiger partial charge on any atom is -0.497 e. The van der Waals surface area contributed by atoms with Gasteiger partial charge in [0.1, 0.15) is 11.4 Å². The monoisotopic (exact) mass is 558 g/mol. The number of imide groups is 1. The number of aryl methyl sites for hydroxylation is 1. The third kappa shape index (κ3) is 6.68. The molecule has 11 heteroatoms. The summed E-state index contributed by atoms with van der Waals surface area (Å²) in [6.07, 6.45) is -0.140. The van der Waals surface area contributed by atoms with Crippen molar-refractivity contribution in [1.82, 2.24) is 5.32 Å². The molecule has 1 unspecified atom stereocenters. The van der Waals surface area contributed by atoms with Crippen molar-refractivity contribution in [3.05, 3.63) is 53.6 Å². The summed E-state index contributed by atoms with van der Waals surface area (Å²) in [5.41, 5.74) is 1.47. The normalized spacial score (nSPS) is 17.3. The number of carbonyl (C=O) groups excluding carboxylic acids is 3. The van der Waals surface area contributed by atoms with Crippen LogP contribution in [0.3, 0.4) is 0 Å². The van der Waals surface area contributed by atoms with Gasteiger partial charge in [-0.1, -0.05) is 17.9 Å². The first-order valence-electron chi connectivity index (χ1n) is 11.8. The summed E-state index contributed by atoms with van der Waals surface area (Å²) in [7, 11) is -2.75. The van der Waals surface area contributed by atoms with Crippen molar-refractivity contribution in [3.8, 4) is 17.6 Å². The number of benzene rings is 2. The lowest BCUT2D eigenvalue weighted by Gasteiger charge is -2.24. The average molecular weight is 559 g/mol. The molecule has 1 atom stereocenters. The van der Waals surface area contributed by atoms with Crippen LogP contribution in [0, 0.1) is 18.8 Å². The fourth-order valence-corrected chi connectivity index (χ4v) is 7.02. The predicted octanol–water partition coefficient (Wildman–Crippen LogP) is 5.03. The zero-order valence-electron chi connectivity index (χ0n) is 21.8. The van der Waals surface area contributed by atoms with Crippen LogP contribution in [0.1, 0.15) is 51.2 Å². The first-order valence-corrected chi connectivity index (χ1v) is 14.1. The molecule has 1 saturated heterocycles. The first kappa shape index (κ1) is 29.1. The van der Waals surface area contributed by atoms with Crippen LogP contribution in [0.4, 0.5) is 15.3 Å². The van der Waals surface area contributed by atoms with E-state index in [9.17, 15) is 22.8 Å². The van der Waals surface area contributed by atoms with E-state index in [1.54, 1.807) is 32.9 Å². The Labute approximate surface area is 227 Å². The van der Waals surface area contributed by atoms with Gasteiger partial charge in [-0.2, -0.15) is 0 Å². The summed E-state index contributed by atoms with van der Waals surface area (Å²) in [5, 5.41) is 4.09. The molecular formula is C27H30N2O7S2. The maximum Gasteiger partial charge on any atom is 0.412 e. The van der Waals surface area contributed by atoms with Gasteiger partial charge in [0.05, 0.1) is 12.0 Å². The number of nitrogens with one attached hydrogen (secondary N) is 2. The van der Waals surface area contributed by atoms with Crippen LogP contribution in [0.5, 0.6) is 5.75 Å². The maximum absolute atomic E-state index is 13.5. The molecule has 202 valence electrons. The molecule has 0 radical (unpaired) electrons. The quantitative estimate of drug-likeness (QED) is 0.358. The zero-order chi connectivity index (χ0) is 28.1. The van der Waals surface area contributed by atoms with Crippen LogP contribution in [-0.2, 0) is 19.4 Å². The number of anilines is 1. The molecule has 0 bridgehead atoms. The van der Waals surface area contributed by atoms with E-state index in [1.165, 1.54) is 31.4 Å². The predicted molar refractivity (Wildman–Crippen MR) is 146 cm³/mol. The highest BCUT2D eigenvalue weighted by Crippen LogP contribution is 2.44. The van der Waals surface area contributed by atoms with Gasteiger partial charge >= 0.3 is 6.09 Å². The minimum atomic E-state index is -4.21. The van der Waals surface area contributed by atoms with Crippen LogP contribution >= 0.6 is 11.8 Å². The third-order valence-corrected chi connectivity index (χ3v) is 9.60. The van der Waals surface area contributed by atoms with Crippen molar-refractivity contribution < 1.29 is 32.3 Å². The average Bonchev–Trinajstić information content (AvgIpc) is 3.13. The fraction of sp³-hybridized carbons (Fsp3) is 0.370. The van der Waals surface area contributed by atoms with E-state index in [1.807, 2.05) is 13.0 Å². The Hall–Kier alpha value is -3.49. The molecule has 2 aromatic rings. The Balaban J connectivity index is 1.74. The molecule has 9 nitrogen and oxygen atoms in total. The number of amides is 3. The summed E-state index contributed by atoms with van der Waals surface area (Å²) in [6.45, 7) is 7.20. The SMILES string of the molecule is COc1ccc(S(=O)(=O)C2(CCCC#Cc3cc(NC(=O)OC(C)(C)C)ccc3C)SC(=O)NC2=O)cc1. The molecule has 1 aliphatic rings. The fourth-order valence-electron chi connectivity index (χ4n) is 3.65. The van der Waals surface area contributed by atoms with Crippen LogP contribution in [-0.4, -0.2) is 42.4 Å². The topological polar surface area (TPSA) is 128 Å². The van der Waals surface area contributed by atoms with E-state index in [4.69, 9.17) is 9.47 Å². The number of ether oxygens (including phenoxy) is 2. The first-order chi connectivity index (χ1) is 17.8. The second-order valence-corrected chi connectivity index (χ2v) is 13.3. The van der Waals surface area contributed by atoms with Crippen molar-refractivity contribution in [2.24, 2.45) is 0 Å². The summed E-state index contributed by atoms with van der Waals surface area (Å²) < 4.78 is 35.4. The van der Waals surface area contributed by atoms with Crippen LogP contribution < -0.4 is 15.4 Å². The maximum atomic E-state index is 13.5. The van der Waals surface area contributed by atoms with E-state index >= 15 is 0 Å². The number of carbonyl (C=O) groups is 3. The molecule has 3 rings (SSSR count). The highest BCUT2D eigenvalue weighted by Gasteiger charge is 2.57. The molecule has 3 amide bonds. The van der Waals surface area contributed by atoms with E-state index in [-0.39, 0.29) is 24.2 Å². The second kappa shape index (κ2) is 11.5. The minimum absolute atomic E-state index is 0.0772. The molecule has 2 aromatic carbocycles. The van der Waals surface area contributed by atoms with Gasteiger partial charge in [0.25, 0.3) is 11.1 Å². The van der Waals surface area contributed by atoms with Crippen molar-refractivity contribution in [1.29, 1.82) is 0 Å². The van der Waals surface area contributed by atoms with Crippen LogP contribution in [0.15, 0.2) is 47.4 Å². The Morgan fingerprint density at radius 3 is 2.39 bits per heavy atom. The Kier molecular flexibility index (Phi) is 8.79. The zero-order valence-corrected chi connectivity index (χ0v) is 23.5. The van der Waals surface area contributed by atoms with E-state index in [0.717, 1.165) is 5.56 Å². The lowest BCUT2D eigenvalue weighted by Crippen LogP contribution is -2.43. The number of thioether (sulfide) groups is 1.